The van der Waals surface area contributed by atoms with Gasteiger partial charge in [0, 0.05) is 19.8 Å². The number of rotatable bonds is 5. The van der Waals surface area contributed by atoms with E-state index in [2.05, 4.69) is 10.1 Å². The quantitative estimate of drug-likeness (QED) is 0.447. The minimum Gasteiger partial charge on any atom is -0.467 e. The fourth-order valence-corrected chi connectivity index (χ4v) is 2.54. The number of methoxy groups -OCH3 is 1. The molecular weight excluding hydrogens is 282 g/mol. The molecule has 2 unspecified atom stereocenters. The number of amides is 1. The summed E-state index contributed by atoms with van der Waals surface area (Å²) in [5.74, 6) is -1.01. The lowest BCUT2D eigenvalue weighted by atomic mass is 9.85. The Hall–Kier alpha value is -1.22. The summed E-state index contributed by atoms with van der Waals surface area (Å²) in [5.41, 5.74) is -1.37. The summed E-state index contributed by atoms with van der Waals surface area (Å²) >= 11 is 0. The van der Waals surface area contributed by atoms with Crippen LogP contribution in [0.2, 0.25) is 0 Å². The summed E-state index contributed by atoms with van der Waals surface area (Å²) in [5, 5.41) is 31.3. The summed E-state index contributed by atoms with van der Waals surface area (Å²) in [6.07, 6.45) is -3.04. The lowest BCUT2D eigenvalue weighted by Gasteiger charge is -2.44. The molecule has 1 rings (SSSR count). The number of nitrogens with one attached hydrogen (secondary N) is 1. The number of ether oxygens (including phenoxy) is 2. The predicted molar refractivity (Wildman–Crippen MR) is 71.2 cm³/mol. The molecule has 8 nitrogen and oxygen atoms in total. The fourth-order valence-electron chi connectivity index (χ4n) is 2.54. The van der Waals surface area contributed by atoms with Crippen LogP contribution in [-0.2, 0) is 19.1 Å². The number of hydrogen-bond donors (Lipinski definition) is 4. The van der Waals surface area contributed by atoms with Crippen molar-refractivity contribution in [1.29, 1.82) is 0 Å². The van der Waals surface area contributed by atoms with Gasteiger partial charge in [0.25, 0.3) is 0 Å². The zero-order valence-corrected chi connectivity index (χ0v) is 12.4. The summed E-state index contributed by atoms with van der Waals surface area (Å²) in [6.45, 7) is 2.28. The number of carbonyl (C=O) groups excluding carboxylic acids is 2. The number of hydrogen-bond acceptors (Lipinski definition) is 7. The van der Waals surface area contributed by atoms with E-state index in [9.17, 15) is 19.8 Å². The Balaban J connectivity index is 2.96. The van der Waals surface area contributed by atoms with Gasteiger partial charge in [0.15, 0.2) is 5.60 Å². The molecular formula is C13H23NO7. The number of esters is 1. The molecule has 8 heteroatoms. The Labute approximate surface area is 123 Å². The molecule has 0 spiro atoms. The monoisotopic (exact) mass is 305 g/mol. The van der Waals surface area contributed by atoms with Crippen LogP contribution in [0.3, 0.4) is 0 Å². The van der Waals surface area contributed by atoms with E-state index >= 15 is 0 Å². The van der Waals surface area contributed by atoms with E-state index in [0.29, 0.717) is 0 Å². The van der Waals surface area contributed by atoms with Gasteiger partial charge in [-0.05, 0) is 6.92 Å². The van der Waals surface area contributed by atoms with Gasteiger partial charge in [0.05, 0.1) is 38.1 Å². The SMILES string of the molecule is COC(=O)[C@@]1(C)CC(O)[C@@H](NC(C)=O)C(C[C@H](O)CO)O1. The molecule has 5 atom stereocenters. The molecule has 1 heterocycles. The van der Waals surface area contributed by atoms with Crippen molar-refractivity contribution in [3.8, 4) is 0 Å². The molecule has 4 N–H and O–H groups in total. The molecule has 0 aliphatic carbocycles. The second kappa shape index (κ2) is 7.17. The number of carbonyl (C=O) groups is 2. The van der Waals surface area contributed by atoms with Crippen molar-refractivity contribution in [3.63, 3.8) is 0 Å². The van der Waals surface area contributed by atoms with Crippen molar-refractivity contribution < 1.29 is 34.4 Å². The lowest BCUT2D eigenvalue weighted by Crippen LogP contribution is -2.62. The summed E-state index contributed by atoms with van der Waals surface area (Å²) in [7, 11) is 1.21. The lowest BCUT2D eigenvalue weighted by molar-refractivity contribution is -0.205. The number of aliphatic hydroxyl groups is 3. The van der Waals surface area contributed by atoms with Gasteiger partial charge >= 0.3 is 5.97 Å². The van der Waals surface area contributed by atoms with Gasteiger partial charge in [-0.1, -0.05) is 0 Å². The van der Waals surface area contributed by atoms with Gasteiger partial charge in [-0.2, -0.15) is 0 Å². The van der Waals surface area contributed by atoms with Crippen LogP contribution in [0.1, 0.15) is 26.7 Å². The molecule has 0 bridgehead atoms. The Kier molecular flexibility index (Phi) is 6.09. The van der Waals surface area contributed by atoms with E-state index in [1.807, 2.05) is 0 Å². The van der Waals surface area contributed by atoms with E-state index in [-0.39, 0.29) is 18.7 Å². The minimum atomic E-state index is -1.37. The van der Waals surface area contributed by atoms with E-state index in [1.165, 1.54) is 21.0 Å². The molecule has 0 aromatic carbocycles. The van der Waals surface area contributed by atoms with Crippen molar-refractivity contribution >= 4 is 11.9 Å². The second-order valence-electron chi connectivity index (χ2n) is 5.45. The van der Waals surface area contributed by atoms with Gasteiger partial charge in [-0.25, -0.2) is 4.79 Å². The molecule has 0 aromatic heterocycles. The van der Waals surface area contributed by atoms with Crippen molar-refractivity contribution in [2.24, 2.45) is 0 Å². The minimum absolute atomic E-state index is 0.0366. The molecule has 122 valence electrons. The first-order chi connectivity index (χ1) is 9.73. The Morgan fingerprint density at radius 1 is 1.52 bits per heavy atom. The van der Waals surface area contributed by atoms with Crippen LogP contribution in [0.4, 0.5) is 0 Å². The van der Waals surface area contributed by atoms with Crippen LogP contribution >= 0.6 is 0 Å². The third kappa shape index (κ3) is 4.37. The first-order valence-electron chi connectivity index (χ1n) is 6.73. The molecule has 1 aliphatic rings. The van der Waals surface area contributed by atoms with Crippen LogP contribution < -0.4 is 5.32 Å². The normalized spacial score (nSPS) is 34.1. The molecule has 1 amide bonds. The van der Waals surface area contributed by atoms with Crippen LogP contribution in [0, 0.1) is 0 Å². The zero-order chi connectivity index (χ0) is 16.2. The maximum Gasteiger partial charge on any atom is 0.337 e. The molecule has 1 fully saturated rings. The molecule has 1 saturated heterocycles. The van der Waals surface area contributed by atoms with E-state index in [0.717, 1.165) is 0 Å². The Morgan fingerprint density at radius 3 is 2.62 bits per heavy atom. The largest absolute Gasteiger partial charge is 0.467 e. The van der Waals surface area contributed by atoms with E-state index in [1.54, 1.807) is 0 Å². The van der Waals surface area contributed by atoms with Gasteiger partial charge in [-0.15, -0.1) is 0 Å². The average Bonchev–Trinajstić information content (AvgIpc) is 2.41. The standard InChI is InChI=1S/C13H23NO7/c1-7(16)14-11-9(18)5-13(2,12(19)20-3)21-10(11)4-8(17)6-15/h8-11,15,17-18H,4-6H2,1-3H3,(H,14,16)/t8-,9?,10?,11+,13+/m0/s1. The van der Waals surface area contributed by atoms with Gasteiger partial charge in [-0.3, -0.25) is 4.79 Å². The average molecular weight is 305 g/mol. The second-order valence-corrected chi connectivity index (χ2v) is 5.45. The maximum atomic E-state index is 11.8. The fraction of sp³-hybridized carbons (Fsp3) is 0.846. The highest BCUT2D eigenvalue weighted by atomic mass is 16.6. The van der Waals surface area contributed by atoms with Gasteiger partial charge in [0.2, 0.25) is 5.91 Å². The highest BCUT2D eigenvalue weighted by Gasteiger charge is 2.49. The first kappa shape index (κ1) is 17.8. The van der Waals surface area contributed by atoms with E-state index in [4.69, 9.17) is 9.84 Å². The molecule has 0 saturated carbocycles. The van der Waals surface area contributed by atoms with Crippen molar-refractivity contribution in [2.45, 2.75) is 56.6 Å². The smallest absolute Gasteiger partial charge is 0.337 e. The van der Waals surface area contributed by atoms with Gasteiger partial charge < -0.3 is 30.1 Å². The predicted octanol–water partition coefficient (Wildman–Crippen LogP) is -1.68. The Bertz CT molecular complexity index is 389. The molecule has 21 heavy (non-hydrogen) atoms. The van der Waals surface area contributed by atoms with Gasteiger partial charge in [0.1, 0.15) is 0 Å². The van der Waals surface area contributed by atoms with Crippen LogP contribution in [0.25, 0.3) is 0 Å². The topological polar surface area (TPSA) is 125 Å². The van der Waals surface area contributed by atoms with Crippen LogP contribution in [0.15, 0.2) is 0 Å². The third-order valence-electron chi connectivity index (χ3n) is 3.53. The summed E-state index contributed by atoms with van der Waals surface area (Å²) in [4.78, 5) is 23.0. The van der Waals surface area contributed by atoms with Crippen molar-refractivity contribution in [2.75, 3.05) is 13.7 Å². The van der Waals surface area contributed by atoms with Crippen LogP contribution in [0.5, 0.6) is 0 Å². The molecule has 1 aliphatic heterocycles. The summed E-state index contributed by atoms with van der Waals surface area (Å²) < 4.78 is 10.3. The highest BCUT2D eigenvalue weighted by Crippen LogP contribution is 2.32. The zero-order valence-electron chi connectivity index (χ0n) is 12.4. The van der Waals surface area contributed by atoms with Crippen molar-refractivity contribution in [3.05, 3.63) is 0 Å². The molecule has 0 radical (unpaired) electrons. The third-order valence-corrected chi connectivity index (χ3v) is 3.53. The first-order valence-corrected chi connectivity index (χ1v) is 6.73. The maximum absolute atomic E-state index is 11.8. The Morgan fingerprint density at radius 2 is 2.14 bits per heavy atom. The van der Waals surface area contributed by atoms with Crippen LogP contribution in [-0.4, -0.2) is 70.9 Å². The van der Waals surface area contributed by atoms with E-state index < -0.39 is 42.5 Å². The molecule has 0 aromatic rings. The number of aliphatic hydroxyl groups excluding tert-OH is 3. The van der Waals surface area contributed by atoms with Crippen molar-refractivity contribution in [1.82, 2.24) is 5.32 Å². The summed E-state index contributed by atoms with van der Waals surface area (Å²) in [6, 6.07) is -0.776. The highest BCUT2D eigenvalue weighted by molar-refractivity contribution is 5.79.